The first-order chi connectivity index (χ1) is 9.08. The Balaban J connectivity index is -0.0000000533. The molecule has 0 fully saturated rings. The van der Waals surface area contributed by atoms with Gasteiger partial charge in [-0.3, -0.25) is 0 Å². The molecule has 0 spiro atoms. The van der Waals surface area contributed by atoms with Crippen LogP contribution in [0.3, 0.4) is 0 Å². The largest absolute Gasteiger partial charge is 0.549 e. The van der Waals surface area contributed by atoms with Crippen LogP contribution in [0.25, 0.3) is 0 Å². The summed E-state index contributed by atoms with van der Waals surface area (Å²) in [5.74, 6) is -4.87. The Bertz CT molecular complexity index is 233. The SMILES string of the molecule is NCC(=O)[O-].NCC(=O)[O-].NCC(=O)[O-].NCC(=O)[O-].[Pb]. The van der Waals surface area contributed by atoms with Gasteiger partial charge >= 0.3 is 0 Å². The summed E-state index contributed by atoms with van der Waals surface area (Å²) in [5, 5.41) is 36.5. The number of nitrogens with two attached hydrogens (primary N) is 4. The van der Waals surface area contributed by atoms with Gasteiger partial charge in [0.1, 0.15) is 0 Å². The summed E-state index contributed by atoms with van der Waals surface area (Å²) in [4.78, 5) is 36.5. The minimum Gasteiger partial charge on any atom is -0.549 e. The Morgan fingerprint density at radius 3 is 0.571 bits per heavy atom. The van der Waals surface area contributed by atoms with E-state index in [9.17, 15) is 0 Å². The molecule has 0 unspecified atom stereocenters. The summed E-state index contributed by atoms with van der Waals surface area (Å²) in [7, 11) is 0. The third-order valence-electron chi connectivity index (χ3n) is 0.667. The number of carboxylic acid groups (broad SMARTS) is 4. The van der Waals surface area contributed by atoms with Gasteiger partial charge in [-0.1, -0.05) is 0 Å². The molecular formula is C8H16N4O8Pb-4. The molecule has 0 heterocycles. The zero-order chi connectivity index (χ0) is 17.1. The van der Waals surface area contributed by atoms with Crippen molar-refractivity contribution in [2.45, 2.75) is 0 Å². The van der Waals surface area contributed by atoms with Gasteiger partial charge < -0.3 is 62.5 Å². The Morgan fingerprint density at radius 1 is 0.524 bits per heavy atom. The first kappa shape index (κ1) is 31.8. The van der Waals surface area contributed by atoms with Gasteiger partial charge in [-0.2, -0.15) is 0 Å². The number of hydrogen-bond donors (Lipinski definition) is 4. The number of carbonyl (C=O) groups excluding carboxylic acids is 4. The molecule has 0 atom stereocenters. The average Bonchev–Trinajstić information content (AvgIpc) is 2.40. The van der Waals surface area contributed by atoms with Gasteiger partial charge in [0.05, 0.1) is 23.9 Å². The molecule has 0 rings (SSSR count). The number of carbonyl (C=O) groups is 4. The summed E-state index contributed by atoms with van der Waals surface area (Å²) in [5.41, 5.74) is 18.0. The molecule has 4 radical (unpaired) electrons. The van der Waals surface area contributed by atoms with Crippen LogP contribution in [-0.2, 0) is 19.2 Å². The molecule has 8 N–H and O–H groups in total. The second-order valence-corrected chi connectivity index (χ2v) is 2.30. The van der Waals surface area contributed by atoms with E-state index < -0.39 is 23.9 Å². The number of carboxylic acids is 4. The monoisotopic (exact) mass is 504 g/mol. The van der Waals surface area contributed by atoms with Crippen molar-refractivity contribution in [2.24, 2.45) is 22.9 Å². The van der Waals surface area contributed by atoms with Crippen molar-refractivity contribution >= 4 is 51.2 Å². The van der Waals surface area contributed by atoms with Crippen molar-refractivity contribution < 1.29 is 39.6 Å². The fourth-order valence-electron chi connectivity index (χ4n) is 0. The van der Waals surface area contributed by atoms with Crippen molar-refractivity contribution in [1.29, 1.82) is 0 Å². The van der Waals surface area contributed by atoms with Crippen LogP contribution >= 0.6 is 0 Å². The van der Waals surface area contributed by atoms with Gasteiger partial charge in [-0.15, -0.1) is 0 Å². The van der Waals surface area contributed by atoms with Crippen molar-refractivity contribution in [3.8, 4) is 0 Å². The molecule has 21 heavy (non-hydrogen) atoms. The molecule has 0 saturated carbocycles. The molecular weight excluding hydrogens is 487 g/mol. The van der Waals surface area contributed by atoms with Crippen molar-refractivity contribution in [1.82, 2.24) is 0 Å². The van der Waals surface area contributed by atoms with Gasteiger partial charge in [0, 0.05) is 53.5 Å². The Hall–Kier alpha value is -1.36. The third-order valence-corrected chi connectivity index (χ3v) is 0.667. The standard InChI is InChI=1S/4C2H5NO2.Pb/c4*3-1-2(4)5;/h4*1,3H2,(H,4,5);/p-4. The molecule has 124 valence electrons. The summed E-state index contributed by atoms with van der Waals surface area (Å²) >= 11 is 0. The number of aliphatic carboxylic acids is 4. The normalized spacial score (nSPS) is 7.05. The van der Waals surface area contributed by atoms with Crippen molar-refractivity contribution in [2.75, 3.05) is 26.2 Å². The van der Waals surface area contributed by atoms with Crippen molar-refractivity contribution in [3.05, 3.63) is 0 Å². The van der Waals surface area contributed by atoms with Crippen LogP contribution in [0.1, 0.15) is 0 Å². The minimum absolute atomic E-state index is 0. The quantitative estimate of drug-likeness (QED) is 0.260. The Kier molecular flexibility index (Phi) is 41.0. The second kappa shape index (κ2) is 27.1. The van der Waals surface area contributed by atoms with Gasteiger partial charge in [0.25, 0.3) is 0 Å². The third kappa shape index (κ3) is 117. The Morgan fingerprint density at radius 2 is 0.571 bits per heavy atom. The summed E-state index contributed by atoms with van der Waals surface area (Å²) in [6.45, 7) is -1.56. The molecule has 0 aromatic rings. The van der Waals surface area contributed by atoms with Gasteiger partial charge in [-0.25, -0.2) is 0 Å². The zero-order valence-corrected chi connectivity index (χ0v) is 14.8. The van der Waals surface area contributed by atoms with E-state index in [-0.39, 0.29) is 53.5 Å². The van der Waals surface area contributed by atoms with Gasteiger partial charge in [-0.05, 0) is 0 Å². The van der Waals surface area contributed by atoms with Crippen molar-refractivity contribution in [3.63, 3.8) is 0 Å². The molecule has 12 nitrogen and oxygen atoms in total. The molecule has 0 bridgehead atoms. The van der Waals surface area contributed by atoms with E-state index in [1.807, 2.05) is 0 Å². The van der Waals surface area contributed by atoms with E-state index in [1.165, 1.54) is 0 Å². The summed E-state index contributed by atoms with van der Waals surface area (Å²) in [6, 6.07) is 0. The average molecular weight is 503 g/mol. The van der Waals surface area contributed by atoms with E-state index in [2.05, 4.69) is 22.9 Å². The summed E-state index contributed by atoms with van der Waals surface area (Å²) < 4.78 is 0. The van der Waals surface area contributed by atoms with E-state index in [0.717, 1.165) is 0 Å². The molecule has 0 aromatic carbocycles. The molecule has 13 heteroatoms. The predicted octanol–water partition coefficient (Wildman–Crippen LogP) is -9.60. The fourth-order valence-corrected chi connectivity index (χ4v) is 0. The van der Waals surface area contributed by atoms with Crippen LogP contribution in [0.15, 0.2) is 0 Å². The maximum Gasteiger partial charge on any atom is 0.0550 e. The van der Waals surface area contributed by atoms with Gasteiger partial charge in [0.15, 0.2) is 0 Å². The van der Waals surface area contributed by atoms with E-state index in [4.69, 9.17) is 39.6 Å². The van der Waals surface area contributed by atoms with E-state index in [1.54, 1.807) is 0 Å². The van der Waals surface area contributed by atoms with Crippen LogP contribution < -0.4 is 43.4 Å². The zero-order valence-electron chi connectivity index (χ0n) is 10.9. The van der Waals surface area contributed by atoms with E-state index >= 15 is 0 Å². The molecule has 0 aliphatic heterocycles. The van der Waals surface area contributed by atoms with Crippen LogP contribution in [-0.4, -0.2) is 77.4 Å². The smallest absolute Gasteiger partial charge is 0.0550 e. The first-order valence-corrected chi connectivity index (χ1v) is 4.68. The van der Waals surface area contributed by atoms with Crippen LogP contribution in [0.4, 0.5) is 0 Å². The van der Waals surface area contributed by atoms with Gasteiger partial charge in [0.2, 0.25) is 0 Å². The fraction of sp³-hybridized carbons (Fsp3) is 0.500. The second-order valence-electron chi connectivity index (χ2n) is 2.30. The molecule has 0 aliphatic carbocycles. The molecule has 0 amide bonds. The maximum atomic E-state index is 9.13. The Labute approximate surface area is 140 Å². The summed E-state index contributed by atoms with van der Waals surface area (Å²) in [6.07, 6.45) is 0. The molecule has 0 aromatic heterocycles. The van der Waals surface area contributed by atoms with Crippen LogP contribution in [0.5, 0.6) is 0 Å². The topological polar surface area (TPSA) is 265 Å². The predicted molar refractivity (Wildman–Crippen MR) is 62.0 cm³/mol. The first-order valence-electron chi connectivity index (χ1n) is 4.68. The minimum atomic E-state index is -1.22. The molecule has 0 aliphatic rings. The number of rotatable bonds is 4. The maximum absolute atomic E-state index is 9.13. The molecule has 0 saturated heterocycles. The van der Waals surface area contributed by atoms with Crippen LogP contribution in [0.2, 0.25) is 0 Å². The van der Waals surface area contributed by atoms with Crippen LogP contribution in [0, 0.1) is 0 Å². The van der Waals surface area contributed by atoms with E-state index in [0.29, 0.717) is 0 Å². The number of hydrogen-bond acceptors (Lipinski definition) is 12.